The maximum absolute atomic E-state index is 11.1. The summed E-state index contributed by atoms with van der Waals surface area (Å²) in [4.78, 5) is 10.3. The first kappa shape index (κ1) is 19.7. The number of benzene rings is 2. The lowest BCUT2D eigenvalue weighted by molar-refractivity contribution is 0.0693. The molecule has 0 saturated heterocycles. The molecule has 26 heavy (non-hydrogen) atoms. The molecule has 0 aliphatic carbocycles. The van der Waals surface area contributed by atoms with E-state index in [2.05, 4.69) is 0 Å². The molecule has 6 N–H and O–H groups in total. The van der Waals surface area contributed by atoms with Crippen LogP contribution in [0.3, 0.4) is 0 Å². The first-order valence-electron chi connectivity index (χ1n) is 6.94. The van der Waals surface area contributed by atoms with Gasteiger partial charge in [0.1, 0.15) is 33.5 Å². The van der Waals surface area contributed by atoms with E-state index < -0.39 is 54.7 Å². The van der Waals surface area contributed by atoms with Crippen molar-refractivity contribution in [1.29, 1.82) is 0 Å². The zero-order chi connectivity index (χ0) is 19.8. The number of phenolic OH excluding ortho intramolecular Hbond substituents is 3. The Morgan fingerprint density at radius 2 is 1.58 bits per heavy atom. The highest BCUT2D eigenvalue weighted by molar-refractivity contribution is 8.15. The van der Waals surface area contributed by atoms with Crippen LogP contribution in [0, 0.1) is 0 Å². The van der Waals surface area contributed by atoms with Crippen LogP contribution in [0.4, 0.5) is 0 Å². The van der Waals surface area contributed by atoms with Crippen LogP contribution in [0.1, 0.15) is 15.9 Å². The largest absolute Gasteiger partial charge is 0.508 e. The van der Waals surface area contributed by atoms with Crippen LogP contribution in [0.2, 0.25) is 0 Å². The van der Waals surface area contributed by atoms with Gasteiger partial charge in [0.05, 0.1) is 0 Å². The number of phenols is 4. The number of carboxylic acids is 1. The van der Waals surface area contributed by atoms with Gasteiger partial charge in [-0.1, -0.05) is 0 Å². The Hall–Kier alpha value is -2.63. The van der Waals surface area contributed by atoms with Gasteiger partial charge in [0.15, 0.2) is 0 Å². The standard InChI is InChI=1S/C15H16O9S2/c1-25(6-7-2-10(17)8(15(20)21)3-9(7)16)13-4-12(19)14(5-11(13)18)26(22,23)24/h2-5,16-19,25H,6H2,1H3,(H,20,21)(H,22,23,24). The SMILES string of the molecule is C[SH](Cc1cc(O)c(C(=O)O)cc1O)c1cc(O)c(S(=O)(=O)O)cc1O. The molecule has 142 valence electrons. The predicted molar refractivity (Wildman–Crippen MR) is 93.2 cm³/mol. The van der Waals surface area contributed by atoms with Crippen molar-refractivity contribution < 1.29 is 43.3 Å². The number of hydrogen-bond acceptors (Lipinski definition) is 7. The number of rotatable bonds is 5. The van der Waals surface area contributed by atoms with Crippen LogP contribution in [-0.4, -0.2) is 50.7 Å². The van der Waals surface area contributed by atoms with Gasteiger partial charge in [-0.3, -0.25) is 4.55 Å². The zero-order valence-electron chi connectivity index (χ0n) is 13.3. The van der Waals surface area contributed by atoms with E-state index in [1.807, 2.05) is 0 Å². The van der Waals surface area contributed by atoms with E-state index in [9.17, 15) is 33.6 Å². The Morgan fingerprint density at radius 1 is 0.962 bits per heavy atom. The second kappa shape index (κ2) is 6.94. The minimum absolute atomic E-state index is 0.0901. The van der Waals surface area contributed by atoms with E-state index in [4.69, 9.17) is 9.66 Å². The molecule has 0 saturated carbocycles. The summed E-state index contributed by atoms with van der Waals surface area (Å²) in [5.41, 5.74) is -0.261. The van der Waals surface area contributed by atoms with Crippen LogP contribution >= 0.6 is 10.9 Å². The summed E-state index contributed by atoms with van der Waals surface area (Å²) in [6, 6.07) is 3.69. The third-order valence-electron chi connectivity index (χ3n) is 3.58. The smallest absolute Gasteiger partial charge is 0.339 e. The van der Waals surface area contributed by atoms with Crippen molar-refractivity contribution in [3.8, 4) is 23.0 Å². The number of hydrogen-bond donors (Lipinski definition) is 7. The minimum atomic E-state index is -4.71. The van der Waals surface area contributed by atoms with Gasteiger partial charge >= 0.3 is 5.97 Å². The van der Waals surface area contributed by atoms with Crippen molar-refractivity contribution in [1.82, 2.24) is 0 Å². The molecular weight excluding hydrogens is 388 g/mol. The van der Waals surface area contributed by atoms with Crippen LogP contribution in [-0.2, 0) is 15.9 Å². The number of carboxylic acid groups (broad SMARTS) is 1. The van der Waals surface area contributed by atoms with Crippen LogP contribution in [0.15, 0.2) is 34.1 Å². The summed E-state index contributed by atoms with van der Waals surface area (Å²) in [5, 5.41) is 48.4. The van der Waals surface area contributed by atoms with Gasteiger partial charge in [-0.2, -0.15) is 8.42 Å². The molecular formula is C15H16O9S2. The molecule has 0 fully saturated rings. The normalized spacial score (nSPS) is 13.4. The molecule has 0 radical (unpaired) electrons. The Bertz CT molecular complexity index is 983. The van der Waals surface area contributed by atoms with Crippen molar-refractivity contribution in [2.24, 2.45) is 0 Å². The minimum Gasteiger partial charge on any atom is -0.508 e. The predicted octanol–water partition coefficient (Wildman–Crippen LogP) is 1.64. The maximum atomic E-state index is 11.1. The van der Waals surface area contributed by atoms with Gasteiger partial charge in [-0.15, -0.1) is 0 Å². The fourth-order valence-corrected chi connectivity index (χ4v) is 4.63. The molecule has 0 aromatic heterocycles. The first-order valence-corrected chi connectivity index (χ1v) is 10.4. The lowest BCUT2D eigenvalue weighted by Gasteiger charge is -2.20. The molecule has 9 nitrogen and oxygen atoms in total. The highest BCUT2D eigenvalue weighted by Crippen LogP contribution is 2.46. The van der Waals surface area contributed by atoms with E-state index in [0.717, 1.165) is 18.2 Å². The Labute approximate surface area is 150 Å². The Morgan fingerprint density at radius 3 is 2.12 bits per heavy atom. The number of aromatic hydroxyl groups is 4. The Kier molecular flexibility index (Phi) is 5.26. The average molecular weight is 404 g/mol. The number of aromatic carboxylic acids is 1. The second-order valence-electron chi connectivity index (χ2n) is 5.44. The summed E-state index contributed by atoms with van der Waals surface area (Å²) >= 11 is 0. The molecule has 11 heteroatoms. The lowest BCUT2D eigenvalue weighted by Crippen LogP contribution is -2.00. The van der Waals surface area contributed by atoms with Crippen molar-refractivity contribution >= 4 is 27.0 Å². The summed E-state index contributed by atoms with van der Waals surface area (Å²) in [6.45, 7) is 0. The van der Waals surface area contributed by atoms with Gasteiger partial charge in [0.25, 0.3) is 10.1 Å². The summed E-state index contributed by atoms with van der Waals surface area (Å²) in [7, 11) is -6.01. The summed E-state index contributed by atoms with van der Waals surface area (Å²) in [6.07, 6.45) is 1.65. The highest BCUT2D eigenvalue weighted by Gasteiger charge is 2.21. The summed E-state index contributed by atoms with van der Waals surface area (Å²) < 4.78 is 31.3. The molecule has 0 spiro atoms. The van der Waals surface area contributed by atoms with Crippen molar-refractivity contribution in [2.45, 2.75) is 15.5 Å². The van der Waals surface area contributed by atoms with Gasteiger partial charge in [0.2, 0.25) is 0 Å². The van der Waals surface area contributed by atoms with Crippen molar-refractivity contribution in [3.05, 3.63) is 35.4 Å². The highest BCUT2D eigenvalue weighted by atomic mass is 32.2. The van der Waals surface area contributed by atoms with Crippen molar-refractivity contribution in [2.75, 3.05) is 6.26 Å². The third-order valence-corrected chi connectivity index (χ3v) is 6.46. The molecule has 2 aromatic rings. The fraction of sp³-hybridized carbons (Fsp3) is 0.133. The van der Waals surface area contributed by atoms with Crippen LogP contribution in [0.5, 0.6) is 23.0 Å². The molecule has 0 aliphatic rings. The van der Waals surface area contributed by atoms with E-state index in [0.29, 0.717) is 6.07 Å². The average Bonchev–Trinajstić information content (AvgIpc) is 2.50. The van der Waals surface area contributed by atoms with Gasteiger partial charge in [0, 0.05) is 22.3 Å². The lowest BCUT2D eigenvalue weighted by atomic mass is 10.1. The zero-order valence-corrected chi connectivity index (χ0v) is 15.0. The first-order chi connectivity index (χ1) is 11.9. The third kappa shape index (κ3) is 3.95. The van der Waals surface area contributed by atoms with Gasteiger partial charge < -0.3 is 25.5 Å². The van der Waals surface area contributed by atoms with Gasteiger partial charge in [-0.25, -0.2) is 15.7 Å². The summed E-state index contributed by atoms with van der Waals surface area (Å²) in [5.74, 6) is -3.45. The topological polar surface area (TPSA) is 173 Å². The second-order valence-corrected chi connectivity index (χ2v) is 9.03. The fourth-order valence-electron chi connectivity index (χ4n) is 2.32. The molecule has 2 rings (SSSR count). The molecule has 0 bridgehead atoms. The van der Waals surface area contributed by atoms with E-state index in [1.165, 1.54) is 0 Å². The maximum Gasteiger partial charge on any atom is 0.339 e. The molecule has 2 aromatic carbocycles. The monoisotopic (exact) mass is 404 g/mol. The molecule has 0 heterocycles. The van der Waals surface area contributed by atoms with Gasteiger partial charge in [-0.05, 0) is 24.5 Å². The molecule has 1 atom stereocenters. The quantitative estimate of drug-likeness (QED) is 0.222. The number of thiol groups is 1. The van der Waals surface area contributed by atoms with Crippen LogP contribution in [0.25, 0.3) is 0 Å². The van der Waals surface area contributed by atoms with E-state index in [1.54, 1.807) is 6.26 Å². The van der Waals surface area contributed by atoms with Crippen LogP contribution < -0.4 is 0 Å². The molecule has 1 unspecified atom stereocenters. The Balaban J connectivity index is 2.40. The van der Waals surface area contributed by atoms with E-state index >= 15 is 0 Å². The van der Waals surface area contributed by atoms with Crippen molar-refractivity contribution in [3.63, 3.8) is 0 Å². The molecule has 0 aliphatic heterocycles. The molecule has 0 amide bonds. The van der Waals surface area contributed by atoms with E-state index in [-0.39, 0.29) is 22.0 Å². The number of carbonyl (C=O) groups is 1.